The quantitative estimate of drug-likeness (QED) is 0.862. The van der Waals surface area contributed by atoms with Crippen molar-refractivity contribution in [2.45, 2.75) is 33.2 Å². The Labute approximate surface area is 113 Å². The van der Waals surface area contributed by atoms with E-state index < -0.39 is 0 Å². The first-order chi connectivity index (χ1) is 8.54. The van der Waals surface area contributed by atoms with E-state index >= 15 is 0 Å². The van der Waals surface area contributed by atoms with Crippen LogP contribution in [0.4, 0.5) is 0 Å². The number of amides is 1. The number of ether oxygens (including phenoxy) is 1. The van der Waals surface area contributed by atoms with E-state index in [9.17, 15) is 4.79 Å². The monoisotopic (exact) mass is 269 g/mol. The van der Waals surface area contributed by atoms with Crippen LogP contribution in [0.1, 0.15) is 37.8 Å². The van der Waals surface area contributed by atoms with Crippen molar-refractivity contribution >= 4 is 17.5 Å². The van der Waals surface area contributed by atoms with Crippen molar-refractivity contribution in [3.63, 3.8) is 0 Å². The number of hydrogen-bond acceptors (Lipinski definition) is 2. The normalized spacial score (nSPS) is 10.7. The average Bonchev–Trinajstić information content (AvgIpc) is 2.35. The minimum atomic E-state index is -0.122. The van der Waals surface area contributed by atoms with Crippen LogP contribution in [0.15, 0.2) is 18.2 Å². The molecule has 18 heavy (non-hydrogen) atoms. The van der Waals surface area contributed by atoms with Gasteiger partial charge in [-0.15, -0.1) is 0 Å². The van der Waals surface area contributed by atoms with Crippen molar-refractivity contribution < 1.29 is 9.53 Å². The zero-order valence-electron chi connectivity index (χ0n) is 11.1. The molecule has 0 heterocycles. The lowest BCUT2D eigenvalue weighted by Crippen LogP contribution is -2.27. The van der Waals surface area contributed by atoms with Crippen molar-refractivity contribution in [2.75, 3.05) is 13.2 Å². The van der Waals surface area contributed by atoms with Gasteiger partial charge in [0.1, 0.15) is 6.61 Å². The molecule has 0 aromatic heterocycles. The van der Waals surface area contributed by atoms with Crippen LogP contribution in [0, 0.1) is 0 Å². The summed E-state index contributed by atoms with van der Waals surface area (Å²) in [6.45, 7) is 7.18. The fourth-order valence-electron chi connectivity index (χ4n) is 1.53. The van der Waals surface area contributed by atoms with Crippen LogP contribution in [0.3, 0.4) is 0 Å². The Bertz CT molecular complexity index is 405. The highest BCUT2D eigenvalue weighted by atomic mass is 35.5. The SMILES string of the molecule is CCOCC(=O)NCc1cc(C(C)C)ccc1Cl. The average molecular weight is 270 g/mol. The molecule has 0 unspecified atom stereocenters. The minimum Gasteiger partial charge on any atom is -0.372 e. The maximum absolute atomic E-state index is 11.4. The summed E-state index contributed by atoms with van der Waals surface area (Å²) in [5.41, 5.74) is 2.15. The molecule has 0 fully saturated rings. The predicted octanol–water partition coefficient (Wildman–Crippen LogP) is 3.12. The van der Waals surface area contributed by atoms with E-state index in [1.165, 1.54) is 5.56 Å². The van der Waals surface area contributed by atoms with Gasteiger partial charge in [-0.05, 0) is 30.0 Å². The van der Waals surface area contributed by atoms with Crippen molar-refractivity contribution in [2.24, 2.45) is 0 Å². The maximum atomic E-state index is 11.4. The van der Waals surface area contributed by atoms with Crippen LogP contribution >= 0.6 is 11.6 Å². The van der Waals surface area contributed by atoms with Crippen LogP contribution in [0.2, 0.25) is 5.02 Å². The Morgan fingerprint density at radius 1 is 1.44 bits per heavy atom. The number of benzene rings is 1. The van der Waals surface area contributed by atoms with E-state index in [1.54, 1.807) is 0 Å². The molecule has 1 N–H and O–H groups in total. The first-order valence-corrected chi connectivity index (χ1v) is 6.55. The van der Waals surface area contributed by atoms with Gasteiger partial charge in [-0.1, -0.05) is 37.6 Å². The third-order valence-corrected chi connectivity index (χ3v) is 3.02. The van der Waals surface area contributed by atoms with Gasteiger partial charge in [-0.2, -0.15) is 0 Å². The summed E-state index contributed by atoms with van der Waals surface area (Å²) in [5.74, 6) is 0.322. The molecular formula is C14H20ClNO2. The van der Waals surface area contributed by atoms with Gasteiger partial charge in [0, 0.05) is 18.2 Å². The standard InChI is InChI=1S/C14H20ClNO2/c1-4-18-9-14(17)16-8-12-7-11(10(2)3)5-6-13(12)15/h5-7,10H,4,8-9H2,1-3H3,(H,16,17). The molecule has 0 aliphatic carbocycles. The van der Waals surface area contributed by atoms with Gasteiger partial charge in [0.25, 0.3) is 0 Å². The number of rotatable bonds is 6. The van der Waals surface area contributed by atoms with Crippen LogP contribution in [0.5, 0.6) is 0 Å². The fourth-order valence-corrected chi connectivity index (χ4v) is 1.71. The minimum absolute atomic E-state index is 0.0952. The van der Waals surface area contributed by atoms with Crippen molar-refractivity contribution in [3.05, 3.63) is 34.3 Å². The van der Waals surface area contributed by atoms with Crippen LogP contribution in [-0.4, -0.2) is 19.1 Å². The highest BCUT2D eigenvalue weighted by Gasteiger charge is 2.07. The van der Waals surface area contributed by atoms with Crippen LogP contribution in [-0.2, 0) is 16.1 Å². The van der Waals surface area contributed by atoms with E-state index in [-0.39, 0.29) is 12.5 Å². The molecule has 0 saturated heterocycles. The Morgan fingerprint density at radius 2 is 2.17 bits per heavy atom. The van der Waals surface area contributed by atoms with Gasteiger partial charge in [0.15, 0.2) is 0 Å². The van der Waals surface area contributed by atoms with Gasteiger partial charge in [-0.3, -0.25) is 4.79 Å². The molecule has 0 spiro atoms. The lowest BCUT2D eigenvalue weighted by atomic mass is 10.0. The summed E-state index contributed by atoms with van der Waals surface area (Å²) >= 11 is 6.11. The summed E-state index contributed by atoms with van der Waals surface area (Å²) in [6.07, 6.45) is 0. The Hall–Kier alpha value is -1.06. The summed E-state index contributed by atoms with van der Waals surface area (Å²) in [6, 6.07) is 5.92. The van der Waals surface area contributed by atoms with Crippen molar-refractivity contribution in [3.8, 4) is 0 Å². The highest BCUT2D eigenvalue weighted by molar-refractivity contribution is 6.31. The van der Waals surface area contributed by atoms with Gasteiger partial charge in [-0.25, -0.2) is 0 Å². The molecule has 1 amide bonds. The first-order valence-electron chi connectivity index (χ1n) is 6.17. The van der Waals surface area contributed by atoms with E-state index in [1.807, 2.05) is 25.1 Å². The molecule has 1 aromatic carbocycles. The number of carbonyl (C=O) groups is 1. The maximum Gasteiger partial charge on any atom is 0.246 e. The summed E-state index contributed by atoms with van der Waals surface area (Å²) < 4.78 is 5.03. The third kappa shape index (κ3) is 4.67. The smallest absolute Gasteiger partial charge is 0.246 e. The molecule has 1 aromatic rings. The van der Waals surface area contributed by atoms with E-state index in [4.69, 9.17) is 16.3 Å². The molecule has 0 aliphatic rings. The summed E-state index contributed by atoms with van der Waals surface area (Å²) in [5, 5.41) is 3.47. The number of carbonyl (C=O) groups excluding carboxylic acids is 1. The van der Waals surface area contributed by atoms with Crippen molar-refractivity contribution in [1.82, 2.24) is 5.32 Å². The van der Waals surface area contributed by atoms with E-state index in [0.29, 0.717) is 24.1 Å². The fraction of sp³-hybridized carbons (Fsp3) is 0.500. The number of halogens is 1. The zero-order valence-corrected chi connectivity index (χ0v) is 11.9. The van der Waals surface area contributed by atoms with E-state index in [2.05, 4.69) is 19.2 Å². The third-order valence-electron chi connectivity index (χ3n) is 2.65. The van der Waals surface area contributed by atoms with Crippen molar-refractivity contribution in [1.29, 1.82) is 0 Å². The van der Waals surface area contributed by atoms with Crippen LogP contribution < -0.4 is 5.32 Å². The number of nitrogens with one attached hydrogen (secondary N) is 1. The van der Waals surface area contributed by atoms with Gasteiger partial charge >= 0.3 is 0 Å². The zero-order chi connectivity index (χ0) is 13.5. The predicted molar refractivity (Wildman–Crippen MR) is 73.9 cm³/mol. The Morgan fingerprint density at radius 3 is 2.78 bits per heavy atom. The molecule has 1 rings (SSSR count). The molecule has 0 aliphatic heterocycles. The molecule has 3 nitrogen and oxygen atoms in total. The highest BCUT2D eigenvalue weighted by Crippen LogP contribution is 2.22. The molecule has 0 bridgehead atoms. The lowest BCUT2D eigenvalue weighted by molar-refractivity contribution is -0.125. The second kappa shape index (κ2) is 7.39. The van der Waals surface area contributed by atoms with Gasteiger partial charge in [0.2, 0.25) is 5.91 Å². The Kier molecular flexibility index (Phi) is 6.16. The topological polar surface area (TPSA) is 38.3 Å². The molecule has 0 atom stereocenters. The van der Waals surface area contributed by atoms with Gasteiger partial charge in [0.05, 0.1) is 0 Å². The molecular weight excluding hydrogens is 250 g/mol. The van der Waals surface area contributed by atoms with E-state index in [0.717, 1.165) is 5.56 Å². The Balaban J connectivity index is 2.61. The van der Waals surface area contributed by atoms with Crippen LogP contribution in [0.25, 0.3) is 0 Å². The molecule has 0 saturated carbocycles. The molecule has 4 heteroatoms. The number of hydrogen-bond donors (Lipinski definition) is 1. The molecule has 100 valence electrons. The lowest BCUT2D eigenvalue weighted by Gasteiger charge is -2.11. The summed E-state index contributed by atoms with van der Waals surface area (Å²) in [4.78, 5) is 11.4. The van der Waals surface area contributed by atoms with Gasteiger partial charge < -0.3 is 10.1 Å². The first kappa shape index (κ1) is 15.0. The second-order valence-electron chi connectivity index (χ2n) is 4.42. The largest absolute Gasteiger partial charge is 0.372 e. The second-order valence-corrected chi connectivity index (χ2v) is 4.83. The summed E-state index contributed by atoms with van der Waals surface area (Å²) in [7, 11) is 0. The molecule has 0 radical (unpaired) electrons.